The summed E-state index contributed by atoms with van der Waals surface area (Å²) in [5, 5.41) is 13.9. The molecule has 0 radical (unpaired) electrons. The first-order chi connectivity index (χ1) is 13.0. The van der Waals surface area contributed by atoms with Crippen LogP contribution in [0.3, 0.4) is 0 Å². The number of carbonyl (C=O) groups excluding carboxylic acids is 1. The molecule has 0 aliphatic rings. The SMILES string of the molecule is Cc1noc2nc(-c3cccs3)cc(C(=O)N[C@@H](C)c3cnn(C)c3C)c12. The zero-order valence-electron chi connectivity index (χ0n) is 15.5. The number of thiophene rings is 1. The van der Waals surface area contributed by atoms with Crippen molar-refractivity contribution in [3.05, 3.63) is 52.3 Å². The maximum absolute atomic E-state index is 13.1. The third-order valence-electron chi connectivity index (χ3n) is 4.72. The molecule has 1 amide bonds. The van der Waals surface area contributed by atoms with E-state index in [9.17, 15) is 4.79 Å². The predicted octanol–water partition coefficient (Wildman–Crippen LogP) is 3.79. The van der Waals surface area contributed by atoms with Crippen LogP contribution in [-0.4, -0.2) is 25.8 Å². The third-order valence-corrected chi connectivity index (χ3v) is 5.62. The summed E-state index contributed by atoms with van der Waals surface area (Å²) < 4.78 is 7.13. The van der Waals surface area contributed by atoms with Gasteiger partial charge in [0.2, 0.25) is 0 Å². The van der Waals surface area contributed by atoms with Crippen LogP contribution in [0.4, 0.5) is 0 Å². The van der Waals surface area contributed by atoms with Crippen LogP contribution in [0.5, 0.6) is 0 Å². The first kappa shape index (κ1) is 17.4. The topological polar surface area (TPSA) is 85.8 Å². The number of nitrogens with one attached hydrogen (secondary N) is 1. The maximum Gasteiger partial charge on any atom is 0.259 e. The van der Waals surface area contributed by atoms with E-state index in [1.807, 2.05) is 45.3 Å². The van der Waals surface area contributed by atoms with Crippen molar-refractivity contribution in [3.8, 4) is 10.6 Å². The van der Waals surface area contributed by atoms with Gasteiger partial charge in [-0.05, 0) is 38.3 Å². The van der Waals surface area contributed by atoms with E-state index < -0.39 is 0 Å². The van der Waals surface area contributed by atoms with Crippen LogP contribution in [0.25, 0.3) is 21.7 Å². The van der Waals surface area contributed by atoms with Gasteiger partial charge in [-0.3, -0.25) is 9.48 Å². The van der Waals surface area contributed by atoms with Crippen molar-refractivity contribution < 1.29 is 9.32 Å². The Hall–Kier alpha value is -3.00. The highest BCUT2D eigenvalue weighted by molar-refractivity contribution is 7.13. The van der Waals surface area contributed by atoms with E-state index in [1.165, 1.54) is 0 Å². The zero-order chi connectivity index (χ0) is 19.1. The molecule has 0 aliphatic heterocycles. The first-order valence-corrected chi connectivity index (χ1v) is 9.44. The summed E-state index contributed by atoms with van der Waals surface area (Å²) >= 11 is 1.56. The van der Waals surface area contributed by atoms with Gasteiger partial charge in [-0.2, -0.15) is 5.10 Å². The molecule has 0 bridgehead atoms. The van der Waals surface area contributed by atoms with Gasteiger partial charge < -0.3 is 9.84 Å². The highest BCUT2D eigenvalue weighted by atomic mass is 32.1. The Kier molecular flexibility index (Phi) is 4.27. The largest absolute Gasteiger partial charge is 0.345 e. The summed E-state index contributed by atoms with van der Waals surface area (Å²) in [7, 11) is 1.88. The van der Waals surface area contributed by atoms with E-state index in [-0.39, 0.29) is 11.9 Å². The second-order valence-electron chi connectivity index (χ2n) is 6.48. The molecular formula is C19H19N5O2S. The van der Waals surface area contributed by atoms with Crippen LogP contribution in [0.15, 0.2) is 34.3 Å². The number of amides is 1. The number of hydrogen-bond acceptors (Lipinski definition) is 6. The summed E-state index contributed by atoms with van der Waals surface area (Å²) in [4.78, 5) is 18.6. The molecule has 1 N–H and O–H groups in total. The number of aryl methyl sites for hydroxylation is 2. The molecule has 4 heterocycles. The van der Waals surface area contributed by atoms with Gasteiger partial charge in [-0.1, -0.05) is 11.2 Å². The molecule has 0 saturated carbocycles. The fourth-order valence-corrected chi connectivity index (χ4v) is 3.80. The van der Waals surface area contributed by atoms with Gasteiger partial charge in [0.05, 0.1) is 39.5 Å². The number of rotatable bonds is 4. The molecule has 0 aromatic carbocycles. The van der Waals surface area contributed by atoms with Gasteiger partial charge in [0.25, 0.3) is 11.6 Å². The number of nitrogens with zero attached hydrogens (tertiary/aromatic N) is 4. The molecule has 4 aromatic heterocycles. The monoisotopic (exact) mass is 381 g/mol. The number of hydrogen-bond donors (Lipinski definition) is 1. The van der Waals surface area contributed by atoms with Crippen LogP contribution in [-0.2, 0) is 7.05 Å². The van der Waals surface area contributed by atoms with Crippen LogP contribution < -0.4 is 5.32 Å². The molecule has 7 nitrogen and oxygen atoms in total. The van der Waals surface area contributed by atoms with E-state index in [0.717, 1.165) is 16.1 Å². The molecule has 0 unspecified atom stereocenters. The van der Waals surface area contributed by atoms with Crippen molar-refractivity contribution in [3.63, 3.8) is 0 Å². The predicted molar refractivity (Wildman–Crippen MR) is 104 cm³/mol. The summed E-state index contributed by atoms with van der Waals surface area (Å²) in [6.45, 7) is 5.74. The van der Waals surface area contributed by atoms with E-state index >= 15 is 0 Å². The van der Waals surface area contributed by atoms with Gasteiger partial charge in [0.15, 0.2) is 0 Å². The van der Waals surface area contributed by atoms with Crippen molar-refractivity contribution in [1.82, 2.24) is 25.2 Å². The number of fused-ring (bicyclic) bond motifs is 1. The second-order valence-corrected chi connectivity index (χ2v) is 7.43. The van der Waals surface area contributed by atoms with Crippen LogP contribution in [0.1, 0.15) is 40.3 Å². The van der Waals surface area contributed by atoms with Crippen LogP contribution in [0.2, 0.25) is 0 Å². The molecule has 8 heteroatoms. The molecule has 0 aliphatic carbocycles. The summed E-state index contributed by atoms with van der Waals surface area (Å²) in [6.07, 6.45) is 1.78. The lowest BCUT2D eigenvalue weighted by atomic mass is 10.1. The van der Waals surface area contributed by atoms with Gasteiger partial charge in [-0.15, -0.1) is 11.3 Å². The minimum atomic E-state index is -0.192. The second kappa shape index (κ2) is 6.62. The van der Waals surface area contributed by atoms with Crippen molar-refractivity contribution in [2.24, 2.45) is 7.05 Å². The summed E-state index contributed by atoms with van der Waals surface area (Å²) in [5.41, 5.74) is 4.22. The Balaban J connectivity index is 1.74. The standard InChI is InChI=1S/C19H19N5O2S/c1-10(14-9-20-24(4)12(14)3)21-18(25)13-8-15(16-6-5-7-27-16)22-19-17(13)11(2)23-26-19/h5-10H,1-4H3,(H,21,25)/t10-/m0/s1. The highest BCUT2D eigenvalue weighted by Gasteiger charge is 2.22. The number of aromatic nitrogens is 4. The Morgan fingerprint density at radius 2 is 2.19 bits per heavy atom. The van der Waals surface area contributed by atoms with Gasteiger partial charge in [0.1, 0.15) is 0 Å². The summed E-state index contributed by atoms with van der Waals surface area (Å²) in [6, 6.07) is 5.53. The molecular weight excluding hydrogens is 362 g/mol. The smallest absolute Gasteiger partial charge is 0.259 e. The fourth-order valence-electron chi connectivity index (χ4n) is 3.12. The Labute approximate surface area is 160 Å². The highest BCUT2D eigenvalue weighted by Crippen LogP contribution is 2.29. The number of carbonyl (C=O) groups is 1. The Morgan fingerprint density at radius 1 is 1.37 bits per heavy atom. The first-order valence-electron chi connectivity index (χ1n) is 8.56. The Bertz CT molecular complexity index is 1130. The summed E-state index contributed by atoms with van der Waals surface area (Å²) in [5.74, 6) is -0.192. The number of pyridine rings is 1. The molecule has 4 aromatic rings. The molecule has 27 heavy (non-hydrogen) atoms. The van der Waals surface area contributed by atoms with Crippen molar-refractivity contribution in [2.75, 3.05) is 0 Å². The van der Waals surface area contributed by atoms with Crippen LogP contribution in [0, 0.1) is 13.8 Å². The third kappa shape index (κ3) is 3.02. The quantitative estimate of drug-likeness (QED) is 0.581. The van der Waals surface area contributed by atoms with E-state index in [4.69, 9.17) is 4.52 Å². The molecule has 4 rings (SSSR count). The van der Waals surface area contributed by atoms with E-state index in [2.05, 4.69) is 20.6 Å². The van der Waals surface area contributed by atoms with Crippen LogP contribution >= 0.6 is 11.3 Å². The molecule has 0 fully saturated rings. The average Bonchev–Trinajstić information content (AvgIpc) is 3.37. The average molecular weight is 381 g/mol. The molecule has 0 spiro atoms. The molecule has 0 saturated heterocycles. The normalized spacial score (nSPS) is 12.4. The minimum absolute atomic E-state index is 0.181. The van der Waals surface area contributed by atoms with Crippen molar-refractivity contribution in [1.29, 1.82) is 0 Å². The maximum atomic E-state index is 13.1. The zero-order valence-corrected chi connectivity index (χ0v) is 16.3. The molecule has 138 valence electrons. The van der Waals surface area contributed by atoms with Gasteiger partial charge >= 0.3 is 0 Å². The van der Waals surface area contributed by atoms with Gasteiger partial charge in [0, 0.05) is 18.3 Å². The van der Waals surface area contributed by atoms with E-state index in [1.54, 1.807) is 28.3 Å². The van der Waals surface area contributed by atoms with Gasteiger partial charge in [-0.25, -0.2) is 4.98 Å². The van der Waals surface area contributed by atoms with Crippen molar-refractivity contribution >= 4 is 28.3 Å². The fraction of sp³-hybridized carbons (Fsp3) is 0.263. The van der Waals surface area contributed by atoms with E-state index in [0.29, 0.717) is 28.1 Å². The van der Waals surface area contributed by atoms with Crippen molar-refractivity contribution in [2.45, 2.75) is 26.8 Å². The molecule has 1 atom stereocenters. The minimum Gasteiger partial charge on any atom is -0.345 e. The Morgan fingerprint density at radius 3 is 2.85 bits per heavy atom. The lowest BCUT2D eigenvalue weighted by Crippen LogP contribution is -2.27. The lowest BCUT2D eigenvalue weighted by Gasteiger charge is -2.14. The lowest BCUT2D eigenvalue weighted by molar-refractivity contribution is 0.0941.